The van der Waals surface area contributed by atoms with Crippen molar-refractivity contribution in [3.63, 3.8) is 0 Å². The molecule has 0 fully saturated rings. The van der Waals surface area contributed by atoms with E-state index in [0.717, 1.165) is 0 Å². The Hall–Kier alpha value is -1.41. The molecule has 0 amide bonds. The highest BCUT2D eigenvalue weighted by Gasteiger charge is 2.36. The monoisotopic (exact) mass is 289 g/mol. The highest BCUT2D eigenvalue weighted by atomic mass is 32.2. The standard InChI is InChI=1S/C11H19N3O4S/c1-7-12-8(6-14(7)5)19(17,18)13-9(10(15)16)11(2,3)4/h6,9,13H,1-5H3,(H,15,16)/t9-/m0/s1. The maximum absolute atomic E-state index is 12.1. The van der Waals surface area contributed by atoms with Gasteiger partial charge in [0, 0.05) is 13.2 Å². The molecule has 0 radical (unpaired) electrons. The Bertz CT molecular complexity index is 564. The van der Waals surface area contributed by atoms with Gasteiger partial charge in [0.05, 0.1) is 0 Å². The first-order chi connectivity index (χ1) is 8.45. The van der Waals surface area contributed by atoms with Crippen molar-refractivity contribution >= 4 is 16.0 Å². The minimum atomic E-state index is -3.95. The number of hydrogen-bond donors (Lipinski definition) is 2. The van der Waals surface area contributed by atoms with Crippen LogP contribution >= 0.6 is 0 Å². The fourth-order valence-electron chi connectivity index (χ4n) is 1.47. The molecule has 0 aliphatic carbocycles. The molecule has 0 unspecified atom stereocenters. The lowest BCUT2D eigenvalue weighted by atomic mass is 9.88. The second-order valence-corrected chi connectivity index (χ2v) is 7.16. The zero-order chi connectivity index (χ0) is 15.0. The molecular weight excluding hydrogens is 270 g/mol. The van der Waals surface area contributed by atoms with Gasteiger partial charge in [-0.05, 0) is 12.3 Å². The molecule has 1 aromatic rings. The number of rotatable bonds is 4. The molecule has 0 saturated carbocycles. The first kappa shape index (κ1) is 15.6. The van der Waals surface area contributed by atoms with E-state index in [4.69, 9.17) is 5.11 Å². The van der Waals surface area contributed by atoms with Crippen LogP contribution in [-0.4, -0.2) is 35.1 Å². The molecule has 1 rings (SSSR count). The average Bonchev–Trinajstić information content (AvgIpc) is 2.55. The Morgan fingerprint density at radius 3 is 2.32 bits per heavy atom. The van der Waals surface area contributed by atoms with Gasteiger partial charge in [-0.15, -0.1) is 0 Å². The van der Waals surface area contributed by atoms with Crippen molar-refractivity contribution in [2.45, 2.75) is 38.8 Å². The fraction of sp³-hybridized carbons (Fsp3) is 0.636. The smallest absolute Gasteiger partial charge is 0.322 e. The molecule has 108 valence electrons. The second-order valence-electron chi connectivity index (χ2n) is 5.50. The molecule has 2 N–H and O–H groups in total. The van der Waals surface area contributed by atoms with Crippen molar-refractivity contribution in [2.24, 2.45) is 12.5 Å². The zero-order valence-corrected chi connectivity index (χ0v) is 12.4. The molecule has 0 bridgehead atoms. The number of nitrogens with zero attached hydrogens (tertiary/aromatic N) is 2. The van der Waals surface area contributed by atoms with Gasteiger partial charge in [0.15, 0.2) is 5.03 Å². The van der Waals surface area contributed by atoms with E-state index >= 15 is 0 Å². The van der Waals surface area contributed by atoms with Crippen LogP contribution in [0.5, 0.6) is 0 Å². The summed E-state index contributed by atoms with van der Waals surface area (Å²) in [6.07, 6.45) is 1.35. The predicted molar refractivity (Wildman–Crippen MR) is 69.1 cm³/mol. The number of aromatic nitrogens is 2. The van der Waals surface area contributed by atoms with E-state index in [1.807, 2.05) is 0 Å². The van der Waals surface area contributed by atoms with Crippen molar-refractivity contribution in [3.05, 3.63) is 12.0 Å². The van der Waals surface area contributed by atoms with Crippen LogP contribution in [0.3, 0.4) is 0 Å². The number of imidazole rings is 1. The number of carboxylic acids is 1. The SMILES string of the molecule is Cc1nc(S(=O)(=O)N[C@@H](C(=O)O)C(C)(C)C)cn1C. The first-order valence-corrected chi connectivity index (χ1v) is 7.18. The average molecular weight is 289 g/mol. The van der Waals surface area contributed by atoms with E-state index in [-0.39, 0.29) is 5.03 Å². The van der Waals surface area contributed by atoms with Crippen LogP contribution in [0, 0.1) is 12.3 Å². The normalized spacial score (nSPS) is 14.4. The Labute approximate surface area is 112 Å². The van der Waals surface area contributed by atoms with Gasteiger partial charge in [0.2, 0.25) is 0 Å². The fourth-order valence-corrected chi connectivity index (χ4v) is 2.90. The van der Waals surface area contributed by atoms with E-state index in [0.29, 0.717) is 5.82 Å². The third-order valence-electron chi connectivity index (χ3n) is 2.75. The quantitative estimate of drug-likeness (QED) is 0.840. The van der Waals surface area contributed by atoms with Gasteiger partial charge >= 0.3 is 5.97 Å². The number of aryl methyl sites for hydroxylation is 2. The minimum Gasteiger partial charge on any atom is -0.480 e. The molecule has 0 aliphatic heterocycles. The predicted octanol–water partition coefficient (Wildman–Crippen LogP) is 0.506. The summed E-state index contributed by atoms with van der Waals surface area (Å²) in [5, 5.41) is 8.95. The van der Waals surface area contributed by atoms with E-state index in [9.17, 15) is 13.2 Å². The Kier molecular flexibility index (Phi) is 4.06. The summed E-state index contributed by atoms with van der Waals surface area (Å²) in [6.45, 7) is 6.62. The Balaban J connectivity index is 3.11. The molecule has 0 aromatic carbocycles. The third kappa shape index (κ3) is 3.54. The van der Waals surface area contributed by atoms with Crippen LogP contribution < -0.4 is 4.72 Å². The number of carbonyl (C=O) groups is 1. The maximum atomic E-state index is 12.1. The Morgan fingerprint density at radius 2 is 2.00 bits per heavy atom. The van der Waals surface area contributed by atoms with Gasteiger partial charge in [0.25, 0.3) is 10.0 Å². The Morgan fingerprint density at radius 1 is 1.47 bits per heavy atom. The van der Waals surface area contributed by atoms with Gasteiger partial charge in [-0.1, -0.05) is 20.8 Å². The molecule has 1 heterocycles. The van der Waals surface area contributed by atoms with Crippen molar-refractivity contribution in [1.29, 1.82) is 0 Å². The summed E-state index contributed by atoms with van der Waals surface area (Å²) in [4.78, 5) is 15.1. The molecular formula is C11H19N3O4S. The second kappa shape index (κ2) is 4.93. The number of aliphatic carboxylic acids is 1. The van der Waals surface area contributed by atoms with Gasteiger partial charge in [-0.2, -0.15) is 4.72 Å². The van der Waals surface area contributed by atoms with Crippen LogP contribution in [0.25, 0.3) is 0 Å². The van der Waals surface area contributed by atoms with E-state index in [2.05, 4.69) is 9.71 Å². The third-order valence-corrected chi connectivity index (χ3v) is 4.04. The lowest BCUT2D eigenvalue weighted by Gasteiger charge is -2.27. The summed E-state index contributed by atoms with van der Waals surface area (Å²) in [5.74, 6) is -0.688. The minimum absolute atomic E-state index is 0.178. The lowest BCUT2D eigenvalue weighted by Crippen LogP contribution is -2.49. The van der Waals surface area contributed by atoms with Gasteiger partial charge in [-0.25, -0.2) is 13.4 Å². The highest BCUT2D eigenvalue weighted by Crippen LogP contribution is 2.21. The van der Waals surface area contributed by atoms with Crippen molar-refractivity contribution < 1.29 is 18.3 Å². The number of sulfonamides is 1. The lowest BCUT2D eigenvalue weighted by molar-refractivity contribution is -0.141. The number of carboxylic acid groups (broad SMARTS) is 1. The van der Waals surface area contributed by atoms with Crippen LogP contribution in [-0.2, 0) is 21.9 Å². The zero-order valence-electron chi connectivity index (χ0n) is 11.6. The first-order valence-electron chi connectivity index (χ1n) is 5.70. The highest BCUT2D eigenvalue weighted by molar-refractivity contribution is 7.89. The molecule has 0 saturated heterocycles. The number of hydrogen-bond acceptors (Lipinski definition) is 4. The van der Waals surface area contributed by atoms with E-state index in [1.165, 1.54) is 6.20 Å². The largest absolute Gasteiger partial charge is 0.480 e. The summed E-state index contributed by atoms with van der Waals surface area (Å²) in [7, 11) is -2.29. The summed E-state index contributed by atoms with van der Waals surface area (Å²) in [5.41, 5.74) is -0.747. The molecule has 7 nitrogen and oxygen atoms in total. The molecule has 1 atom stereocenters. The van der Waals surface area contributed by atoms with Crippen LogP contribution in [0.1, 0.15) is 26.6 Å². The molecule has 1 aromatic heterocycles. The number of nitrogens with one attached hydrogen (secondary N) is 1. The summed E-state index contributed by atoms with van der Waals surface area (Å²) >= 11 is 0. The van der Waals surface area contributed by atoms with E-state index in [1.54, 1.807) is 39.3 Å². The van der Waals surface area contributed by atoms with Crippen LogP contribution in [0.15, 0.2) is 11.2 Å². The van der Waals surface area contributed by atoms with Crippen molar-refractivity contribution in [3.8, 4) is 0 Å². The van der Waals surface area contributed by atoms with Gasteiger partial charge in [0.1, 0.15) is 11.9 Å². The van der Waals surface area contributed by atoms with Gasteiger partial charge in [-0.3, -0.25) is 4.79 Å². The molecule has 0 aliphatic rings. The molecule has 19 heavy (non-hydrogen) atoms. The van der Waals surface area contributed by atoms with Crippen LogP contribution in [0.2, 0.25) is 0 Å². The summed E-state index contributed by atoms with van der Waals surface area (Å²) in [6, 6.07) is -1.22. The summed E-state index contributed by atoms with van der Waals surface area (Å²) < 4.78 is 28.0. The maximum Gasteiger partial charge on any atom is 0.322 e. The van der Waals surface area contributed by atoms with E-state index < -0.39 is 27.4 Å². The molecule has 0 spiro atoms. The van der Waals surface area contributed by atoms with Gasteiger partial charge < -0.3 is 9.67 Å². The van der Waals surface area contributed by atoms with Crippen molar-refractivity contribution in [1.82, 2.24) is 14.3 Å². The molecule has 8 heteroatoms. The topological polar surface area (TPSA) is 101 Å². The van der Waals surface area contributed by atoms with Crippen molar-refractivity contribution in [2.75, 3.05) is 0 Å². The van der Waals surface area contributed by atoms with Crippen LogP contribution in [0.4, 0.5) is 0 Å².